The van der Waals surface area contributed by atoms with E-state index >= 15 is 0 Å². The smallest absolute Gasteiger partial charge is 0.259 e. The number of hydrogen-bond acceptors (Lipinski definition) is 2. The number of nitrogens with zero attached hydrogens (tertiary/aromatic N) is 2. The Morgan fingerprint density at radius 2 is 1.90 bits per heavy atom. The number of hydrogen-bond donors (Lipinski definition) is 0. The third-order valence-electron chi connectivity index (χ3n) is 3.97. The lowest BCUT2D eigenvalue weighted by atomic mass is 10.1. The molecule has 1 fully saturated rings. The Hall–Kier alpha value is -2.10. The number of rotatable bonds is 1. The molecule has 2 heterocycles. The molecule has 104 valence electrons. The van der Waals surface area contributed by atoms with Crippen LogP contribution in [-0.4, -0.2) is 28.5 Å². The Morgan fingerprint density at radius 3 is 2.60 bits per heavy atom. The zero-order valence-electron chi connectivity index (χ0n) is 11.8. The van der Waals surface area contributed by atoms with Gasteiger partial charge in [0.2, 0.25) is 5.43 Å². The second kappa shape index (κ2) is 4.78. The van der Waals surface area contributed by atoms with Crippen LogP contribution in [0.2, 0.25) is 0 Å². The average molecular weight is 270 g/mol. The first-order chi connectivity index (χ1) is 9.58. The molecule has 2 aromatic rings. The van der Waals surface area contributed by atoms with Gasteiger partial charge in [-0.1, -0.05) is 11.6 Å². The van der Waals surface area contributed by atoms with E-state index in [-0.39, 0.29) is 16.9 Å². The molecule has 1 aliphatic rings. The second-order valence-corrected chi connectivity index (χ2v) is 5.50. The minimum atomic E-state index is -0.154. The summed E-state index contributed by atoms with van der Waals surface area (Å²) in [6.07, 6.45) is 3.72. The van der Waals surface area contributed by atoms with Crippen LogP contribution in [0.4, 0.5) is 0 Å². The van der Waals surface area contributed by atoms with Crippen LogP contribution in [0.25, 0.3) is 10.9 Å². The summed E-state index contributed by atoms with van der Waals surface area (Å²) in [6, 6.07) is 5.76. The normalized spacial score (nSPS) is 15.0. The number of carbonyl (C=O) groups is 1. The fraction of sp³-hybridized carbons (Fsp3) is 0.375. The van der Waals surface area contributed by atoms with Crippen molar-refractivity contribution in [3.05, 3.63) is 45.7 Å². The largest absolute Gasteiger partial charge is 0.350 e. The van der Waals surface area contributed by atoms with Gasteiger partial charge in [-0.05, 0) is 31.9 Å². The molecule has 0 saturated carbocycles. The van der Waals surface area contributed by atoms with E-state index in [0.29, 0.717) is 5.39 Å². The first-order valence-electron chi connectivity index (χ1n) is 6.97. The van der Waals surface area contributed by atoms with Crippen molar-refractivity contribution in [1.82, 2.24) is 9.47 Å². The molecule has 4 heteroatoms. The molecule has 0 unspecified atom stereocenters. The van der Waals surface area contributed by atoms with Gasteiger partial charge in [0, 0.05) is 31.7 Å². The molecule has 0 spiro atoms. The fourth-order valence-electron chi connectivity index (χ4n) is 2.85. The molecule has 0 radical (unpaired) electrons. The van der Waals surface area contributed by atoms with Gasteiger partial charge < -0.3 is 9.47 Å². The number of amides is 1. The Kier molecular flexibility index (Phi) is 3.08. The lowest BCUT2D eigenvalue weighted by Crippen LogP contribution is -2.32. The SMILES string of the molecule is Cc1ccc2c(c1)c(=O)c(C(=O)N1CCCC1)cn2C. The summed E-state index contributed by atoms with van der Waals surface area (Å²) in [5.41, 5.74) is 2.02. The molecular weight excluding hydrogens is 252 g/mol. The molecule has 0 N–H and O–H groups in total. The number of benzene rings is 1. The molecule has 1 aromatic carbocycles. The predicted molar refractivity (Wildman–Crippen MR) is 79.1 cm³/mol. The van der Waals surface area contributed by atoms with E-state index in [0.717, 1.165) is 37.0 Å². The highest BCUT2D eigenvalue weighted by atomic mass is 16.2. The van der Waals surface area contributed by atoms with Gasteiger partial charge in [0.05, 0.1) is 5.52 Å². The standard InChI is InChI=1S/C16H18N2O2/c1-11-5-6-14-12(9-11)15(19)13(10-17(14)2)16(20)18-7-3-4-8-18/h5-6,9-10H,3-4,7-8H2,1-2H3. The minimum absolute atomic E-state index is 0.133. The Balaban J connectivity index is 2.19. The van der Waals surface area contributed by atoms with E-state index in [4.69, 9.17) is 0 Å². The van der Waals surface area contributed by atoms with E-state index in [9.17, 15) is 9.59 Å². The maximum atomic E-state index is 12.6. The van der Waals surface area contributed by atoms with Crippen LogP contribution < -0.4 is 5.43 Å². The number of carbonyl (C=O) groups excluding carboxylic acids is 1. The van der Waals surface area contributed by atoms with Crippen molar-refractivity contribution in [1.29, 1.82) is 0 Å². The van der Waals surface area contributed by atoms with Crippen molar-refractivity contribution in [3.8, 4) is 0 Å². The number of aromatic nitrogens is 1. The lowest BCUT2D eigenvalue weighted by Gasteiger charge is -2.16. The maximum Gasteiger partial charge on any atom is 0.259 e. The van der Waals surface area contributed by atoms with Crippen LogP contribution in [0.1, 0.15) is 28.8 Å². The van der Waals surface area contributed by atoms with Crippen molar-refractivity contribution in [2.45, 2.75) is 19.8 Å². The molecule has 1 amide bonds. The van der Waals surface area contributed by atoms with Crippen molar-refractivity contribution in [2.24, 2.45) is 7.05 Å². The van der Waals surface area contributed by atoms with Gasteiger partial charge in [0.25, 0.3) is 5.91 Å². The average Bonchev–Trinajstić information content (AvgIpc) is 2.96. The molecule has 1 saturated heterocycles. The van der Waals surface area contributed by atoms with Crippen molar-refractivity contribution in [2.75, 3.05) is 13.1 Å². The van der Waals surface area contributed by atoms with Gasteiger partial charge in [-0.25, -0.2) is 0 Å². The number of fused-ring (bicyclic) bond motifs is 1. The van der Waals surface area contributed by atoms with Gasteiger partial charge in [-0.15, -0.1) is 0 Å². The summed E-state index contributed by atoms with van der Waals surface area (Å²) < 4.78 is 1.86. The summed E-state index contributed by atoms with van der Waals surface area (Å²) in [4.78, 5) is 26.8. The van der Waals surface area contributed by atoms with Gasteiger partial charge >= 0.3 is 0 Å². The van der Waals surface area contributed by atoms with Crippen LogP contribution in [0.5, 0.6) is 0 Å². The third kappa shape index (κ3) is 2.01. The van der Waals surface area contributed by atoms with Crippen LogP contribution in [0.3, 0.4) is 0 Å². The van der Waals surface area contributed by atoms with Crippen LogP contribution in [-0.2, 0) is 7.05 Å². The monoisotopic (exact) mass is 270 g/mol. The maximum absolute atomic E-state index is 12.6. The fourth-order valence-corrected chi connectivity index (χ4v) is 2.85. The first kappa shape index (κ1) is 12.9. The third-order valence-corrected chi connectivity index (χ3v) is 3.97. The van der Waals surface area contributed by atoms with Crippen molar-refractivity contribution >= 4 is 16.8 Å². The Morgan fingerprint density at radius 1 is 1.20 bits per heavy atom. The Bertz CT molecular complexity index is 740. The molecule has 0 bridgehead atoms. The van der Waals surface area contributed by atoms with Gasteiger partial charge in [0.15, 0.2) is 0 Å². The number of likely N-dealkylation sites (tertiary alicyclic amines) is 1. The summed E-state index contributed by atoms with van der Waals surface area (Å²) in [5.74, 6) is -0.133. The molecule has 20 heavy (non-hydrogen) atoms. The van der Waals surface area contributed by atoms with Crippen LogP contribution >= 0.6 is 0 Å². The quantitative estimate of drug-likeness (QED) is 0.796. The van der Waals surface area contributed by atoms with Gasteiger partial charge in [-0.3, -0.25) is 9.59 Å². The van der Waals surface area contributed by atoms with Crippen LogP contribution in [0, 0.1) is 6.92 Å². The van der Waals surface area contributed by atoms with Crippen molar-refractivity contribution in [3.63, 3.8) is 0 Å². The number of pyridine rings is 1. The summed E-state index contributed by atoms with van der Waals surface area (Å²) in [6.45, 7) is 3.47. The zero-order valence-corrected chi connectivity index (χ0v) is 11.8. The van der Waals surface area contributed by atoms with E-state index in [1.807, 2.05) is 36.7 Å². The molecule has 3 rings (SSSR count). The number of aryl methyl sites for hydroxylation is 2. The highest BCUT2D eigenvalue weighted by molar-refractivity contribution is 5.97. The van der Waals surface area contributed by atoms with Crippen molar-refractivity contribution < 1.29 is 4.79 Å². The Labute approximate surface area is 117 Å². The summed E-state index contributed by atoms with van der Waals surface area (Å²) >= 11 is 0. The van der Waals surface area contributed by atoms with E-state index in [1.165, 1.54) is 0 Å². The predicted octanol–water partition coefficient (Wildman–Crippen LogP) is 2.08. The second-order valence-electron chi connectivity index (χ2n) is 5.50. The van der Waals surface area contributed by atoms with Gasteiger partial charge in [0.1, 0.15) is 5.56 Å². The first-order valence-corrected chi connectivity index (χ1v) is 6.97. The van der Waals surface area contributed by atoms with E-state index < -0.39 is 0 Å². The molecule has 4 nitrogen and oxygen atoms in total. The molecule has 1 aliphatic heterocycles. The van der Waals surface area contributed by atoms with E-state index in [2.05, 4.69) is 0 Å². The summed E-state index contributed by atoms with van der Waals surface area (Å²) in [5, 5.41) is 0.623. The molecular formula is C16H18N2O2. The summed E-state index contributed by atoms with van der Waals surface area (Å²) in [7, 11) is 1.87. The highest BCUT2D eigenvalue weighted by Crippen LogP contribution is 2.16. The molecule has 0 atom stereocenters. The zero-order chi connectivity index (χ0) is 14.3. The van der Waals surface area contributed by atoms with Crippen LogP contribution in [0.15, 0.2) is 29.2 Å². The highest BCUT2D eigenvalue weighted by Gasteiger charge is 2.23. The molecule has 1 aromatic heterocycles. The minimum Gasteiger partial charge on any atom is -0.350 e. The molecule has 0 aliphatic carbocycles. The van der Waals surface area contributed by atoms with E-state index in [1.54, 1.807) is 11.1 Å². The topological polar surface area (TPSA) is 42.3 Å². The lowest BCUT2D eigenvalue weighted by molar-refractivity contribution is 0.0791. The van der Waals surface area contributed by atoms with Gasteiger partial charge in [-0.2, -0.15) is 0 Å².